The number of hydrogen-bond donors (Lipinski definition) is 5. The van der Waals surface area contributed by atoms with Gasteiger partial charge in [0.2, 0.25) is 5.91 Å². The number of phenolic OH excluding ortho intramolecular Hbond substituents is 1. The molecule has 0 radical (unpaired) electrons. The second-order valence-corrected chi connectivity index (χ2v) is 14.1. The molecule has 0 aromatic heterocycles. The Bertz CT molecular complexity index is 1820. The van der Waals surface area contributed by atoms with Crippen molar-refractivity contribution in [2.45, 2.75) is 55.5 Å². The summed E-state index contributed by atoms with van der Waals surface area (Å²) >= 11 is 0. The lowest BCUT2D eigenvalue weighted by Crippen LogP contribution is -2.77. The van der Waals surface area contributed by atoms with Crippen LogP contribution >= 0.6 is 0 Å². The monoisotopic (exact) mass is 768 g/mol. The molecule has 296 valence electrons. The van der Waals surface area contributed by atoms with Gasteiger partial charge in [0.15, 0.2) is 40.3 Å². The molecule has 3 aliphatic carbocycles. The van der Waals surface area contributed by atoms with Crippen LogP contribution in [-0.2, 0) is 47.8 Å². The standard InChI is InChI=1S/C38H44N2O15/c1-6-9-21(41)53-15-37(51,16-54-22(42)10-7-2)17-55-23(43)12-8-11-19-13-14-20-18(3)24-26(31(45)25(20)30(19)44)34(48)38(52)28(32(24)46)29(40(4)5)33(47)27(35(38)49)36(39)50/h6-8,11,13-14,18,24,26-29,32,44,46,51-52H,1-2,9-10,12,15-17H2,3-5H3,(H2,39,50)/t18-,24+,26?,27?,28+,29-,32-,38-/m1/s1. The highest BCUT2D eigenvalue weighted by molar-refractivity contribution is 6.32. The lowest BCUT2D eigenvalue weighted by atomic mass is 9.49. The maximum absolute atomic E-state index is 14.2. The molecule has 3 aliphatic rings. The number of nitrogens with two attached hydrogens (primary N) is 1. The van der Waals surface area contributed by atoms with E-state index in [4.69, 9.17) is 19.9 Å². The molecule has 0 heterocycles. The van der Waals surface area contributed by atoms with E-state index in [0.717, 1.165) is 0 Å². The van der Waals surface area contributed by atoms with Gasteiger partial charge in [-0.1, -0.05) is 43.4 Å². The summed E-state index contributed by atoms with van der Waals surface area (Å²) in [6.45, 7) is 6.26. The molecule has 1 amide bonds. The Morgan fingerprint density at radius 3 is 1.95 bits per heavy atom. The molecule has 8 atom stereocenters. The number of carbonyl (C=O) groups excluding carboxylic acids is 8. The molecule has 0 saturated heterocycles. The molecule has 1 aromatic rings. The van der Waals surface area contributed by atoms with Gasteiger partial charge in [0.25, 0.3) is 0 Å². The highest BCUT2D eigenvalue weighted by atomic mass is 16.6. The molecule has 1 aromatic carbocycles. The first-order chi connectivity index (χ1) is 25.8. The smallest absolute Gasteiger partial charge is 0.309 e. The summed E-state index contributed by atoms with van der Waals surface area (Å²) in [4.78, 5) is 105. The number of hydrogen-bond acceptors (Lipinski definition) is 16. The van der Waals surface area contributed by atoms with Crippen LogP contribution in [0, 0.1) is 23.7 Å². The second kappa shape index (κ2) is 16.6. The molecule has 2 saturated carbocycles. The summed E-state index contributed by atoms with van der Waals surface area (Å²) < 4.78 is 15.1. The van der Waals surface area contributed by atoms with Crippen LogP contribution < -0.4 is 5.73 Å². The number of esters is 3. The van der Waals surface area contributed by atoms with Crippen molar-refractivity contribution >= 4 is 53.0 Å². The molecule has 4 rings (SSSR count). The van der Waals surface area contributed by atoms with Crippen LogP contribution in [0.4, 0.5) is 0 Å². The van der Waals surface area contributed by atoms with E-state index in [-0.39, 0.29) is 29.5 Å². The van der Waals surface area contributed by atoms with E-state index in [1.54, 1.807) is 6.92 Å². The number of benzene rings is 1. The van der Waals surface area contributed by atoms with Gasteiger partial charge >= 0.3 is 17.9 Å². The molecular weight excluding hydrogens is 724 g/mol. The van der Waals surface area contributed by atoms with E-state index in [1.165, 1.54) is 55.4 Å². The maximum atomic E-state index is 14.2. The number of fused-ring (bicyclic) bond motifs is 3. The van der Waals surface area contributed by atoms with Crippen molar-refractivity contribution in [3.63, 3.8) is 0 Å². The van der Waals surface area contributed by atoms with Crippen LogP contribution in [0.25, 0.3) is 6.08 Å². The first-order valence-corrected chi connectivity index (χ1v) is 17.2. The summed E-state index contributed by atoms with van der Waals surface area (Å²) in [6.07, 6.45) is 2.50. The number of amides is 1. The number of nitrogens with zero attached hydrogens (tertiary/aromatic N) is 1. The van der Waals surface area contributed by atoms with Crippen molar-refractivity contribution in [3.8, 4) is 5.75 Å². The number of aliphatic hydroxyl groups excluding tert-OH is 1. The average Bonchev–Trinajstić information content (AvgIpc) is 3.11. The van der Waals surface area contributed by atoms with Crippen LogP contribution in [0.15, 0.2) is 43.5 Å². The average molecular weight is 769 g/mol. The van der Waals surface area contributed by atoms with E-state index >= 15 is 0 Å². The van der Waals surface area contributed by atoms with Crippen molar-refractivity contribution in [1.29, 1.82) is 0 Å². The number of ketones is 4. The molecule has 0 aliphatic heterocycles. The van der Waals surface area contributed by atoms with Crippen molar-refractivity contribution in [1.82, 2.24) is 4.90 Å². The number of aliphatic hydroxyl groups is 3. The highest BCUT2D eigenvalue weighted by Crippen LogP contribution is 2.54. The summed E-state index contributed by atoms with van der Waals surface area (Å²) in [6, 6.07) is 1.38. The fraction of sp³-hybridized carbons (Fsp3) is 0.474. The minimum Gasteiger partial charge on any atom is -0.507 e. The third kappa shape index (κ3) is 7.91. The molecule has 17 nitrogen and oxygen atoms in total. The second-order valence-electron chi connectivity index (χ2n) is 14.1. The van der Waals surface area contributed by atoms with Gasteiger partial charge in [-0.3, -0.25) is 43.3 Å². The summed E-state index contributed by atoms with van der Waals surface area (Å²) in [7, 11) is 2.79. The van der Waals surface area contributed by atoms with Crippen molar-refractivity contribution < 1.29 is 73.0 Å². The third-order valence-electron chi connectivity index (χ3n) is 10.2. The quantitative estimate of drug-likeness (QED) is 0.0640. The fourth-order valence-electron chi connectivity index (χ4n) is 7.60. The van der Waals surface area contributed by atoms with Crippen LogP contribution in [0.5, 0.6) is 5.75 Å². The van der Waals surface area contributed by atoms with Gasteiger partial charge in [-0.2, -0.15) is 0 Å². The number of likely N-dealkylation sites (N-methyl/N-ethyl adjacent to an activating group) is 1. The first-order valence-electron chi connectivity index (χ1n) is 17.2. The number of ether oxygens (including phenoxy) is 3. The minimum absolute atomic E-state index is 0.00603. The van der Waals surface area contributed by atoms with E-state index in [1.807, 2.05) is 0 Å². The predicted molar refractivity (Wildman–Crippen MR) is 189 cm³/mol. The summed E-state index contributed by atoms with van der Waals surface area (Å²) in [5.74, 6) is -17.2. The Kier molecular flexibility index (Phi) is 12.8. The lowest BCUT2D eigenvalue weighted by Gasteiger charge is -2.56. The molecule has 6 N–H and O–H groups in total. The highest BCUT2D eigenvalue weighted by Gasteiger charge is 2.72. The first kappa shape index (κ1) is 42.4. The molecule has 55 heavy (non-hydrogen) atoms. The van der Waals surface area contributed by atoms with Gasteiger partial charge in [0.05, 0.1) is 48.8 Å². The number of phenols is 1. The van der Waals surface area contributed by atoms with Gasteiger partial charge in [-0.15, -0.1) is 13.2 Å². The minimum atomic E-state index is -3.14. The van der Waals surface area contributed by atoms with Gasteiger partial charge < -0.3 is 40.4 Å². The number of primary amides is 1. The largest absolute Gasteiger partial charge is 0.507 e. The third-order valence-corrected chi connectivity index (χ3v) is 10.2. The maximum Gasteiger partial charge on any atom is 0.309 e. The van der Waals surface area contributed by atoms with Crippen molar-refractivity contribution in [3.05, 3.63) is 60.2 Å². The van der Waals surface area contributed by atoms with Crippen LogP contribution in [0.3, 0.4) is 0 Å². The van der Waals surface area contributed by atoms with E-state index in [2.05, 4.69) is 13.2 Å². The topological polar surface area (TPSA) is 274 Å². The molecule has 0 spiro atoms. The predicted octanol–water partition coefficient (Wildman–Crippen LogP) is -0.685. The summed E-state index contributed by atoms with van der Waals surface area (Å²) in [5, 5.41) is 45.7. The van der Waals surface area contributed by atoms with E-state index in [9.17, 15) is 58.8 Å². The van der Waals surface area contributed by atoms with Crippen LogP contribution in [-0.4, -0.2) is 130 Å². The van der Waals surface area contributed by atoms with Gasteiger partial charge in [-0.25, -0.2) is 0 Å². The zero-order valence-corrected chi connectivity index (χ0v) is 30.5. The Labute approximate surface area is 315 Å². The molecule has 2 fully saturated rings. The van der Waals surface area contributed by atoms with E-state index in [0.29, 0.717) is 0 Å². The normalized spacial score (nSPS) is 27.5. The van der Waals surface area contributed by atoms with Gasteiger partial charge in [0, 0.05) is 11.5 Å². The molecule has 0 bridgehead atoms. The lowest BCUT2D eigenvalue weighted by molar-refractivity contribution is -0.197. The molecular formula is C38H44N2O15. The fourth-order valence-corrected chi connectivity index (χ4v) is 7.60. The van der Waals surface area contributed by atoms with Gasteiger partial charge in [0.1, 0.15) is 25.6 Å². The van der Waals surface area contributed by atoms with Crippen LogP contribution in [0.2, 0.25) is 0 Å². The number of aromatic hydroxyl groups is 1. The van der Waals surface area contributed by atoms with Gasteiger partial charge in [-0.05, 0) is 25.6 Å². The van der Waals surface area contributed by atoms with E-state index < -0.39 is 132 Å². The number of rotatable bonds is 15. The Morgan fingerprint density at radius 1 is 0.927 bits per heavy atom. The Hall–Kier alpha value is -5.36. The molecule has 2 unspecified atom stereocenters. The summed E-state index contributed by atoms with van der Waals surface area (Å²) in [5.41, 5.74) is -0.0140. The zero-order chi connectivity index (χ0) is 41.2. The van der Waals surface area contributed by atoms with Crippen molar-refractivity contribution in [2.24, 2.45) is 29.4 Å². The van der Waals surface area contributed by atoms with Crippen LogP contribution in [0.1, 0.15) is 53.6 Å². The van der Waals surface area contributed by atoms with Crippen molar-refractivity contribution in [2.75, 3.05) is 33.9 Å². The number of carbonyl (C=O) groups is 8. The SMILES string of the molecule is C=CCC(=O)OCC(O)(COC(=O)CC=C)COC(=O)CC=Cc1ccc2c(c1O)C(=O)C1C(=O)[C@@]3(O)C(=O)C(C(N)=O)C(=O)[C@H](N(C)C)[C@H]3[C@H](O)[C@H]1[C@@H]2C. The zero-order valence-electron chi connectivity index (χ0n) is 30.5. The Morgan fingerprint density at radius 2 is 1.45 bits per heavy atom. The number of Topliss-reactive ketones (excluding diaryl/α,β-unsaturated/α-hetero) is 4. The Balaban J connectivity index is 1.56. The molecule has 17 heteroatoms.